The van der Waals surface area contributed by atoms with Crippen LogP contribution in [0, 0.1) is 0 Å². The number of carbonyl (C=O) groups excluding carboxylic acids is 1. The van der Waals surface area contributed by atoms with Crippen LogP contribution in [0.25, 0.3) is 0 Å². The molecular formula is C13H16Cl2N2O2. The van der Waals surface area contributed by atoms with Crippen molar-refractivity contribution in [1.29, 1.82) is 0 Å². The zero-order valence-corrected chi connectivity index (χ0v) is 12.4. The Morgan fingerprint density at radius 1 is 1.37 bits per heavy atom. The number of hydrogen-bond acceptors (Lipinski definition) is 3. The van der Waals surface area contributed by atoms with Gasteiger partial charge in [-0.1, -0.05) is 23.2 Å². The molecule has 2 N–H and O–H groups in total. The van der Waals surface area contributed by atoms with Crippen LogP contribution in [0.15, 0.2) is 12.1 Å². The smallest absolute Gasteiger partial charge is 0.254 e. The molecule has 0 aromatic heterocycles. The van der Waals surface area contributed by atoms with E-state index in [1.54, 1.807) is 17.0 Å². The van der Waals surface area contributed by atoms with Gasteiger partial charge in [-0.15, -0.1) is 0 Å². The highest BCUT2D eigenvalue weighted by Gasteiger charge is 2.34. The van der Waals surface area contributed by atoms with E-state index >= 15 is 0 Å². The molecule has 19 heavy (non-hydrogen) atoms. The minimum Gasteiger partial charge on any atom is -0.396 e. The van der Waals surface area contributed by atoms with Gasteiger partial charge in [-0.2, -0.15) is 0 Å². The molecule has 1 saturated heterocycles. The molecule has 0 spiro atoms. The quantitative estimate of drug-likeness (QED) is 0.812. The van der Waals surface area contributed by atoms with Gasteiger partial charge in [0.1, 0.15) is 0 Å². The molecule has 0 saturated carbocycles. The van der Waals surface area contributed by atoms with Crippen molar-refractivity contribution < 1.29 is 9.53 Å². The fraction of sp³-hybridized carbons (Fsp3) is 0.462. The molecule has 0 unspecified atom stereocenters. The van der Waals surface area contributed by atoms with Crippen LogP contribution in [0.1, 0.15) is 24.2 Å². The van der Waals surface area contributed by atoms with Crippen molar-refractivity contribution in [2.24, 2.45) is 0 Å². The summed E-state index contributed by atoms with van der Waals surface area (Å²) < 4.78 is 5.40. The number of ether oxygens (including phenoxy) is 1. The van der Waals surface area contributed by atoms with E-state index in [-0.39, 0.29) is 11.4 Å². The van der Waals surface area contributed by atoms with Crippen LogP contribution < -0.4 is 5.73 Å². The zero-order valence-electron chi connectivity index (χ0n) is 10.9. The van der Waals surface area contributed by atoms with Gasteiger partial charge >= 0.3 is 0 Å². The van der Waals surface area contributed by atoms with Crippen molar-refractivity contribution in [2.45, 2.75) is 19.4 Å². The van der Waals surface area contributed by atoms with E-state index in [0.717, 1.165) is 0 Å². The third kappa shape index (κ3) is 2.81. The van der Waals surface area contributed by atoms with Gasteiger partial charge in [0.2, 0.25) is 0 Å². The van der Waals surface area contributed by atoms with Gasteiger partial charge in [-0.3, -0.25) is 4.79 Å². The Kier molecular flexibility index (Phi) is 3.95. The first-order valence-corrected chi connectivity index (χ1v) is 6.73. The molecule has 0 bridgehead atoms. The predicted octanol–water partition coefficient (Wildman–Crippen LogP) is 2.83. The first-order chi connectivity index (χ1) is 8.83. The summed E-state index contributed by atoms with van der Waals surface area (Å²) in [4.78, 5) is 14.3. The highest BCUT2D eigenvalue weighted by Crippen LogP contribution is 2.30. The molecule has 104 valence electrons. The van der Waals surface area contributed by atoms with E-state index in [2.05, 4.69) is 0 Å². The maximum Gasteiger partial charge on any atom is 0.254 e. The lowest BCUT2D eigenvalue weighted by Gasteiger charge is -2.42. The maximum absolute atomic E-state index is 12.5. The third-order valence-corrected chi connectivity index (χ3v) is 3.84. The van der Waals surface area contributed by atoms with Crippen LogP contribution in [0.4, 0.5) is 5.69 Å². The molecule has 1 aromatic rings. The van der Waals surface area contributed by atoms with Gasteiger partial charge in [-0.25, -0.2) is 0 Å². The Balaban J connectivity index is 2.34. The van der Waals surface area contributed by atoms with Gasteiger partial charge in [0, 0.05) is 12.1 Å². The number of carbonyl (C=O) groups is 1. The van der Waals surface area contributed by atoms with Crippen molar-refractivity contribution in [3.8, 4) is 0 Å². The molecule has 1 amide bonds. The summed E-state index contributed by atoms with van der Waals surface area (Å²) in [5.74, 6) is -0.114. The highest BCUT2D eigenvalue weighted by atomic mass is 35.5. The Hall–Kier alpha value is -0.970. The molecule has 1 aromatic carbocycles. The lowest BCUT2D eigenvalue weighted by atomic mass is 10.0. The number of halogens is 2. The van der Waals surface area contributed by atoms with Crippen LogP contribution in [-0.2, 0) is 4.74 Å². The highest BCUT2D eigenvalue weighted by molar-refractivity contribution is 6.39. The Morgan fingerprint density at radius 2 is 1.95 bits per heavy atom. The average Bonchev–Trinajstić information content (AvgIpc) is 2.34. The largest absolute Gasteiger partial charge is 0.396 e. The molecular weight excluding hydrogens is 287 g/mol. The summed E-state index contributed by atoms with van der Waals surface area (Å²) in [5.41, 5.74) is 6.06. The normalized spacial score (nSPS) is 18.4. The maximum atomic E-state index is 12.5. The number of hydrogen-bond donors (Lipinski definition) is 1. The summed E-state index contributed by atoms with van der Waals surface area (Å²) in [6.45, 7) is 5.52. The van der Waals surface area contributed by atoms with Crippen LogP contribution >= 0.6 is 23.2 Å². The van der Waals surface area contributed by atoms with Gasteiger partial charge in [-0.05, 0) is 26.0 Å². The van der Waals surface area contributed by atoms with E-state index in [9.17, 15) is 4.79 Å². The van der Waals surface area contributed by atoms with Gasteiger partial charge in [0.05, 0.1) is 34.5 Å². The van der Waals surface area contributed by atoms with E-state index < -0.39 is 0 Å². The zero-order chi connectivity index (χ0) is 14.2. The number of nitrogen functional groups attached to an aromatic ring is 1. The second-order valence-corrected chi connectivity index (χ2v) is 5.99. The second-order valence-electron chi connectivity index (χ2n) is 5.18. The lowest BCUT2D eigenvalue weighted by molar-refractivity contribution is -0.0370. The number of nitrogens with two attached hydrogens (primary N) is 1. The van der Waals surface area contributed by atoms with E-state index in [1.165, 1.54) is 0 Å². The number of rotatable bonds is 1. The Labute approximate surface area is 122 Å². The predicted molar refractivity (Wildman–Crippen MR) is 76.8 cm³/mol. The molecule has 1 aliphatic heterocycles. The molecule has 0 atom stereocenters. The van der Waals surface area contributed by atoms with Crippen LogP contribution in [0.5, 0.6) is 0 Å². The monoisotopic (exact) mass is 302 g/mol. The number of morpholine rings is 1. The van der Waals surface area contributed by atoms with Crippen molar-refractivity contribution >= 4 is 34.8 Å². The molecule has 2 rings (SSSR count). The molecule has 1 fully saturated rings. The number of anilines is 1. The minimum atomic E-state index is -0.352. The van der Waals surface area contributed by atoms with Gasteiger partial charge in [0.25, 0.3) is 5.91 Å². The summed E-state index contributed by atoms with van der Waals surface area (Å²) in [5, 5.41) is 0.587. The Bertz CT molecular complexity index is 494. The fourth-order valence-corrected chi connectivity index (χ4v) is 2.59. The molecule has 0 aliphatic carbocycles. The van der Waals surface area contributed by atoms with Crippen molar-refractivity contribution in [1.82, 2.24) is 4.90 Å². The number of nitrogens with zero attached hydrogens (tertiary/aromatic N) is 1. The summed E-state index contributed by atoms with van der Waals surface area (Å²) in [7, 11) is 0. The van der Waals surface area contributed by atoms with E-state index in [4.69, 9.17) is 33.7 Å². The summed E-state index contributed by atoms with van der Waals surface area (Å²) in [6.07, 6.45) is 0. The number of benzene rings is 1. The first-order valence-electron chi connectivity index (χ1n) is 5.97. The average molecular weight is 303 g/mol. The third-order valence-electron chi connectivity index (χ3n) is 3.22. The van der Waals surface area contributed by atoms with E-state index in [1.807, 2.05) is 13.8 Å². The van der Waals surface area contributed by atoms with Crippen LogP contribution in [0.3, 0.4) is 0 Å². The van der Waals surface area contributed by atoms with Crippen LogP contribution in [-0.4, -0.2) is 36.1 Å². The van der Waals surface area contributed by atoms with Crippen molar-refractivity contribution in [3.05, 3.63) is 27.7 Å². The topological polar surface area (TPSA) is 55.6 Å². The number of amides is 1. The lowest BCUT2D eigenvalue weighted by Crippen LogP contribution is -2.55. The van der Waals surface area contributed by atoms with Gasteiger partial charge in [0.15, 0.2) is 0 Å². The molecule has 1 heterocycles. The van der Waals surface area contributed by atoms with E-state index in [0.29, 0.717) is 41.1 Å². The molecule has 4 nitrogen and oxygen atoms in total. The van der Waals surface area contributed by atoms with Crippen molar-refractivity contribution in [2.75, 3.05) is 25.5 Å². The standard InChI is InChI=1S/C13H16Cl2N2O2/c1-13(2)7-19-4-3-17(13)12(18)8-5-9(14)11(16)10(15)6-8/h5-6H,3-4,7,16H2,1-2H3. The van der Waals surface area contributed by atoms with Gasteiger partial charge < -0.3 is 15.4 Å². The molecule has 1 aliphatic rings. The summed E-state index contributed by atoms with van der Waals surface area (Å²) >= 11 is 11.9. The fourth-order valence-electron chi connectivity index (χ4n) is 2.10. The SMILES string of the molecule is CC1(C)COCCN1C(=O)c1cc(Cl)c(N)c(Cl)c1. The van der Waals surface area contributed by atoms with Crippen molar-refractivity contribution in [3.63, 3.8) is 0 Å². The molecule has 6 heteroatoms. The summed E-state index contributed by atoms with van der Waals surface area (Å²) in [6, 6.07) is 3.10. The van der Waals surface area contributed by atoms with Crippen LogP contribution in [0.2, 0.25) is 10.0 Å². The Morgan fingerprint density at radius 3 is 2.47 bits per heavy atom. The minimum absolute atomic E-state index is 0.114. The second kappa shape index (κ2) is 5.19. The molecule has 0 radical (unpaired) electrons. The first kappa shape index (κ1) is 14.4.